The van der Waals surface area contributed by atoms with E-state index in [9.17, 15) is 4.79 Å². The van der Waals surface area contributed by atoms with E-state index in [-0.39, 0.29) is 5.91 Å². The van der Waals surface area contributed by atoms with Gasteiger partial charge in [0, 0.05) is 36.5 Å². The van der Waals surface area contributed by atoms with Crippen LogP contribution in [0, 0.1) is 19.8 Å². The van der Waals surface area contributed by atoms with Crippen molar-refractivity contribution in [3.8, 4) is 0 Å². The van der Waals surface area contributed by atoms with E-state index in [1.54, 1.807) is 0 Å². The highest BCUT2D eigenvalue weighted by atomic mass is 16.1. The number of fused-ring (bicyclic) bond motifs is 1. The minimum atomic E-state index is 0.168. The predicted octanol–water partition coefficient (Wildman–Crippen LogP) is 4.83. The first-order valence-electron chi connectivity index (χ1n) is 13.1. The lowest BCUT2D eigenvalue weighted by atomic mass is 9.93. The van der Waals surface area contributed by atoms with E-state index in [2.05, 4.69) is 42.3 Å². The number of allylic oxidation sites excluding steroid dienone is 2. The molecular formula is C27H39N5O. The normalized spacial score (nSPS) is 24.2. The zero-order valence-corrected chi connectivity index (χ0v) is 20.4. The Balaban J connectivity index is 1.29. The van der Waals surface area contributed by atoms with E-state index in [4.69, 9.17) is 10.1 Å². The maximum Gasteiger partial charge on any atom is 0.220 e. The van der Waals surface area contributed by atoms with Crippen LogP contribution in [0.1, 0.15) is 92.9 Å². The first-order chi connectivity index (χ1) is 16.1. The summed E-state index contributed by atoms with van der Waals surface area (Å²) in [6.45, 7) is 6.55. The van der Waals surface area contributed by atoms with Gasteiger partial charge in [-0.1, -0.05) is 25.0 Å². The summed E-state index contributed by atoms with van der Waals surface area (Å²) < 4.78 is 2.02. The van der Waals surface area contributed by atoms with Gasteiger partial charge in [-0.25, -0.2) is 9.50 Å². The Bertz CT molecular complexity index is 1020. The number of likely N-dealkylation sites (tertiary alicyclic amines) is 1. The van der Waals surface area contributed by atoms with Crippen LogP contribution in [0.5, 0.6) is 0 Å². The summed E-state index contributed by atoms with van der Waals surface area (Å²) in [5.74, 6) is 0.942. The van der Waals surface area contributed by atoms with Crippen LogP contribution in [0.4, 0.5) is 0 Å². The van der Waals surface area contributed by atoms with Gasteiger partial charge in [0.25, 0.3) is 0 Å². The summed E-state index contributed by atoms with van der Waals surface area (Å²) >= 11 is 0. The Morgan fingerprint density at radius 2 is 1.97 bits per heavy atom. The fraction of sp³-hybridized carbons (Fsp3) is 0.667. The molecule has 1 N–H and O–H groups in total. The van der Waals surface area contributed by atoms with Crippen molar-refractivity contribution in [2.45, 2.75) is 96.6 Å². The number of carbonyl (C=O) groups excluding carboxylic acids is 1. The van der Waals surface area contributed by atoms with E-state index in [1.165, 1.54) is 58.0 Å². The maximum atomic E-state index is 12.5. The number of rotatable bonds is 7. The Morgan fingerprint density at radius 1 is 1.12 bits per heavy atom. The number of amides is 1. The maximum absolute atomic E-state index is 12.5. The highest BCUT2D eigenvalue weighted by Gasteiger charge is 2.30. The first-order valence-corrected chi connectivity index (χ1v) is 13.1. The van der Waals surface area contributed by atoms with Gasteiger partial charge < -0.3 is 5.32 Å². The number of carbonyl (C=O) groups is 1. The molecule has 0 spiro atoms. The quantitative estimate of drug-likeness (QED) is 0.615. The van der Waals surface area contributed by atoms with Gasteiger partial charge in [-0.3, -0.25) is 9.69 Å². The van der Waals surface area contributed by atoms with E-state index in [0.29, 0.717) is 18.5 Å². The number of nitrogens with zero attached hydrogens (tertiary/aromatic N) is 4. The van der Waals surface area contributed by atoms with Crippen LogP contribution < -0.4 is 5.32 Å². The second kappa shape index (κ2) is 9.96. The van der Waals surface area contributed by atoms with Crippen LogP contribution in [-0.4, -0.2) is 44.5 Å². The van der Waals surface area contributed by atoms with Crippen LogP contribution in [0.2, 0.25) is 0 Å². The minimum absolute atomic E-state index is 0.168. The predicted molar refractivity (Wildman–Crippen MR) is 131 cm³/mol. The van der Waals surface area contributed by atoms with Crippen molar-refractivity contribution in [2.75, 3.05) is 13.1 Å². The molecule has 33 heavy (non-hydrogen) atoms. The van der Waals surface area contributed by atoms with Gasteiger partial charge in [0.15, 0.2) is 5.65 Å². The highest BCUT2D eigenvalue weighted by molar-refractivity contribution is 5.76. The molecule has 2 aromatic heterocycles. The smallest absolute Gasteiger partial charge is 0.220 e. The third-order valence-corrected chi connectivity index (χ3v) is 8.08. The van der Waals surface area contributed by atoms with Crippen LogP contribution in [-0.2, 0) is 11.2 Å². The fourth-order valence-electron chi connectivity index (χ4n) is 6.21. The molecular weight excluding hydrogens is 410 g/mol. The van der Waals surface area contributed by atoms with Crippen LogP contribution in [0.3, 0.4) is 0 Å². The minimum Gasteiger partial charge on any atom is -0.353 e. The molecule has 5 rings (SSSR count). The van der Waals surface area contributed by atoms with E-state index >= 15 is 0 Å². The van der Waals surface area contributed by atoms with Crippen molar-refractivity contribution in [1.29, 1.82) is 0 Å². The largest absolute Gasteiger partial charge is 0.353 e. The van der Waals surface area contributed by atoms with E-state index in [0.717, 1.165) is 53.5 Å². The molecule has 1 saturated carbocycles. The van der Waals surface area contributed by atoms with Gasteiger partial charge in [-0.15, -0.1) is 0 Å². The lowest BCUT2D eigenvalue weighted by molar-refractivity contribution is -0.121. The lowest BCUT2D eigenvalue weighted by Crippen LogP contribution is -2.32. The molecule has 2 unspecified atom stereocenters. The van der Waals surface area contributed by atoms with Crippen molar-refractivity contribution in [3.05, 3.63) is 40.9 Å². The van der Waals surface area contributed by atoms with Crippen LogP contribution >= 0.6 is 0 Å². The number of aromatic nitrogens is 3. The van der Waals surface area contributed by atoms with Crippen LogP contribution in [0.15, 0.2) is 18.2 Å². The van der Waals surface area contributed by atoms with E-state index < -0.39 is 0 Å². The van der Waals surface area contributed by atoms with Gasteiger partial charge in [0.1, 0.15) is 0 Å². The Hall–Kier alpha value is -2.21. The Labute approximate surface area is 197 Å². The average Bonchev–Trinajstić information content (AvgIpc) is 3.55. The summed E-state index contributed by atoms with van der Waals surface area (Å²) in [7, 11) is 0. The molecule has 1 saturated heterocycles. The summed E-state index contributed by atoms with van der Waals surface area (Å²) in [6.07, 6.45) is 16.8. The van der Waals surface area contributed by atoms with Gasteiger partial charge in [-0.2, -0.15) is 5.10 Å². The fourth-order valence-corrected chi connectivity index (χ4v) is 6.21. The summed E-state index contributed by atoms with van der Waals surface area (Å²) in [5.41, 5.74) is 5.41. The van der Waals surface area contributed by atoms with Gasteiger partial charge in [0.05, 0.1) is 11.7 Å². The molecule has 1 amide bonds. The van der Waals surface area contributed by atoms with Gasteiger partial charge >= 0.3 is 0 Å². The molecule has 0 aromatic carbocycles. The molecule has 2 atom stereocenters. The molecule has 3 heterocycles. The van der Waals surface area contributed by atoms with E-state index in [1.807, 2.05) is 4.52 Å². The Morgan fingerprint density at radius 3 is 2.76 bits per heavy atom. The molecule has 2 aromatic rings. The molecule has 2 aliphatic carbocycles. The first kappa shape index (κ1) is 22.6. The average molecular weight is 450 g/mol. The number of aryl methyl sites for hydroxylation is 2. The standard InChI is InChI=1S/C27H39N5O/c1-19-23(14-15-27(33)29-22-11-6-7-12-22)20(2)32-26(28-19)17-24(30-32)25-13-8-16-31(25)18-21-9-4-3-5-10-21/h3-4,17,21-22,25H,5-16,18H2,1-2H3,(H,29,33). The van der Waals surface area contributed by atoms with Crippen molar-refractivity contribution >= 4 is 11.6 Å². The zero-order valence-electron chi connectivity index (χ0n) is 20.4. The molecule has 178 valence electrons. The molecule has 3 aliphatic rings. The second-order valence-corrected chi connectivity index (χ2v) is 10.5. The third-order valence-electron chi connectivity index (χ3n) is 8.08. The molecule has 6 nitrogen and oxygen atoms in total. The second-order valence-electron chi connectivity index (χ2n) is 10.5. The van der Waals surface area contributed by atoms with Crippen molar-refractivity contribution in [3.63, 3.8) is 0 Å². The molecule has 6 heteroatoms. The molecule has 1 aliphatic heterocycles. The van der Waals surface area contributed by atoms with Gasteiger partial charge in [0.2, 0.25) is 5.91 Å². The molecule has 0 radical (unpaired) electrons. The number of hydrogen-bond acceptors (Lipinski definition) is 4. The van der Waals surface area contributed by atoms with Crippen molar-refractivity contribution < 1.29 is 4.79 Å². The van der Waals surface area contributed by atoms with Crippen molar-refractivity contribution in [2.24, 2.45) is 5.92 Å². The third kappa shape index (κ3) is 5.01. The van der Waals surface area contributed by atoms with Crippen LogP contribution in [0.25, 0.3) is 5.65 Å². The summed E-state index contributed by atoms with van der Waals surface area (Å²) in [4.78, 5) is 20.0. The van der Waals surface area contributed by atoms with Gasteiger partial charge in [-0.05, 0) is 83.2 Å². The molecule has 0 bridgehead atoms. The summed E-state index contributed by atoms with van der Waals surface area (Å²) in [5, 5.41) is 8.26. The Kier molecular flexibility index (Phi) is 6.81. The molecule has 2 fully saturated rings. The lowest BCUT2D eigenvalue weighted by Gasteiger charge is -2.28. The SMILES string of the molecule is Cc1nc2cc(C3CCCN3CC3CC=CCC3)nn2c(C)c1CCC(=O)NC1CCCC1. The zero-order chi connectivity index (χ0) is 22.8. The monoisotopic (exact) mass is 449 g/mol. The van der Waals surface area contributed by atoms with Crippen molar-refractivity contribution in [1.82, 2.24) is 24.8 Å². The summed E-state index contributed by atoms with van der Waals surface area (Å²) in [6, 6.07) is 2.98. The highest BCUT2D eigenvalue weighted by Crippen LogP contribution is 2.34. The number of nitrogens with one attached hydrogen (secondary N) is 1. The topological polar surface area (TPSA) is 62.5 Å². The number of hydrogen-bond donors (Lipinski definition) is 1.